The molecular formula is C12H14N2O2S. The smallest absolute Gasteiger partial charge is 0.337 e. The van der Waals surface area contributed by atoms with Crippen molar-refractivity contribution in [2.75, 3.05) is 7.05 Å². The number of aromatic nitrogens is 1. The third kappa shape index (κ3) is 2.24. The zero-order valence-electron chi connectivity index (χ0n) is 9.82. The van der Waals surface area contributed by atoms with Crippen molar-refractivity contribution in [1.29, 1.82) is 0 Å². The zero-order valence-corrected chi connectivity index (χ0v) is 10.6. The molecule has 0 fully saturated rings. The standard InChI is InChI=1S/C12H14N2O2S/c1-8-4-3-5-9-10(7-6-8)17-14(11(9)15)12(16)13-2/h3-5H,6-7H2,1-2H3,(H,13,16). The first-order valence-corrected chi connectivity index (χ1v) is 6.22. The van der Waals surface area contributed by atoms with Crippen LogP contribution < -0.4 is 10.9 Å². The van der Waals surface area contributed by atoms with E-state index in [-0.39, 0.29) is 11.6 Å². The molecule has 1 aliphatic rings. The van der Waals surface area contributed by atoms with Gasteiger partial charge in [0.15, 0.2) is 0 Å². The van der Waals surface area contributed by atoms with E-state index < -0.39 is 0 Å². The normalized spacial score (nSPS) is 14.6. The van der Waals surface area contributed by atoms with Gasteiger partial charge in [0.25, 0.3) is 5.56 Å². The predicted octanol–water partition coefficient (Wildman–Crippen LogP) is 2.00. The first-order chi connectivity index (χ1) is 8.13. The zero-order chi connectivity index (χ0) is 12.4. The Morgan fingerprint density at radius 1 is 1.47 bits per heavy atom. The molecule has 1 heterocycles. The summed E-state index contributed by atoms with van der Waals surface area (Å²) in [7, 11) is 1.52. The van der Waals surface area contributed by atoms with Crippen LogP contribution in [-0.4, -0.2) is 17.0 Å². The molecule has 17 heavy (non-hydrogen) atoms. The van der Waals surface area contributed by atoms with E-state index in [1.54, 1.807) is 6.08 Å². The maximum Gasteiger partial charge on any atom is 0.337 e. The number of aryl methyl sites for hydroxylation is 1. The van der Waals surface area contributed by atoms with Crippen molar-refractivity contribution < 1.29 is 4.79 Å². The molecule has 0 atom stereocenters. The van der Waals surface area contributed by atoms with Gasteiger partial charge < -0.3 is 5.32 Å². The summed E-state index contributed by atoms with van der Waals surface area (Å²) in [5.74, 6) is 0. The summed E-state index contributed by atoms with van der Waals surface area (Å²) < 4.78 is 1.18. The molecule has 1 aliphatic carbocycles. The highest BCUT2D eigenvalue weighted by Gasteiger charge is 2.17. The summed E-state index contributed by atoms with van der Waals surface area (Å²) >= 11 is 1.23. The van der Waals surface area contributed by atoms with Gasteiger partial charge in [0.2, 0.25) is 0 Å². The summed E-state index contributed by atoms with van der Waals surface area (Å²) in [5, 5.41) is 2.47. The molecule has 5 heteroatoms. The van der Waals surface area contributed by atoms with Gasteiger partial charge in [0, 0.05) is 11.9 Å². The van der Waals surface area contributed by atoms with Crippen LogP contribution >= 0.6 is 11.5 Å². The summed E-state index contributed by atoms with van der Waals surface area (Å²) in [6.45, 7) is 2.06. The number of nitrogens with one attached hydrogen (secondary N) is 1. The van der Waals surface area contributed by atoms with Crippen molar-refractivity contribution in [3.05, 3.63) is 38.5 Å². The van der Waals surface area contributed by atoms with Crippen molar-refractivity contribution >= 4 is 23.6 Å². The molecule has 0 saturated carbocycles. The number of rotatable bonds is 0. The Bertz CT molecular complexity index is 564. The summed E-state index contributed by atoms with van der Waals surface area (Å²) in [4.78, 5) is 24.5. The highest BCUT2D eigenvalue weighted by atomic mass is 32.1. The van der Waals surface area contributed by atoms with Gasteiger partial charge in [0.1, 0.15) is 0 Å². The number of hydrogen-bond donors (Lipinski definition) is 1. The maximum absolute atomic E-state index is 12.0. The lowest BCUT2D eigenvalue weighted by molar-refractivity contribution is 0.246. The van der Waals surface area contributed by atoms with Gasteiger partial charge in [-0.3, -0.25) is 4.79 Å². The highest BCUT2D eigenvalue weighted by molar-refractivity contribution is 7.07. The van der Waals surface area contributed by atoms with Crippen molar-refractivity contribution in [3.8, 4) is 0 Å². The first-order valence-electron chi connectivity index (χ1n) is 5.44. The van der Waals surface area contributed by atoms with E-state index in [0.29, 0.717) is 5.56 Å². The fourth-order valence-corrected chi connectivity index (χ4v) is 2.73. The molecule has 90 valence electrons. The van der Waals surface area contributed by atoms with Crippen LogP contribution in [-0.2, 0) is 6.42 Å². The lowest BCUT2D eigenvalue weighted by atomic mass is 10.1. The van der Waals surface area contributed by atoms with E-state index in [1.807, 2.05) is 12.2 Å². The van der Waals surface area contributed by atoms with Crippen molar-refractivity contribution in [2.45, 2.75) is 19.8 Å². The van der Waals surface area contributed by atoms with Gasteiger partial charge in [0.05, 0.1) is 5.56 Å². The van der Waals surface area contributed by atoms with Gasteiger partial charge in [-0.2, -0.15) is 3.96 Å². The summed E-state index contributed by atoms with van der Waals surface area (Å²) in [5.41, 5.74) is 1.69. The molecule has 1 aromatic rings. The summed E-state index contributed by atoms with van der Waals surface area (Å²) in [6.07, 6.45) is 7.40. The maximum atomic E-state index is 12.0. The molecule has 2 rings (SSSR count). The molecule has 0 unspecified atom stereocenters. The molecule has 0 saturated heterocycles. The predicted molar refractivity (Wildman–Crippen MR) is 69.5 cm³/mol. The van der Waals surface area contributed by atoms with Crippen LogP contribution in [0.4, 0.5) is 4.79 Å². The molecule has 0 aromatic carbocycles. The van der Waals surface area contributed by atoms with Crippen molar-refractivity contribution in [3.63, 3.8) is 0 Å². The third-order valence-corrected chi connectivity index (χ3v) is 3.86. The Labute approximate surface area is 103 Å². The van der Waals surface area contributed by atoms with Crippen LogP contribution in [0.15, 0.2) is 22.5 Å². The molecule has 1 amide bonds. The van der Waals surface area contributed by atoms with Crippen molar-refractivity contribution in [1.82, 2.24) is 9.27 Å². The van der Waals surface area contributed by atoms with Gasteiger partial charge >= 0.3 is 6.03 Å². The minimum atomic E-state index is -0.371. The number of fused-ring (bicyclic) bond motifs is 1. The minimum absolute atomic E-state index is 0.228. The van der Waals surface area contributed by atoms with Crippen LogP contribution in [0.3, 0.4) is 0 Å². The molecule has 1 N–H and O–H groups in total. The lowest BCUT2D eigenvalue weighted by Gasteiger charge is -2.02. The van der Waals surface area contributed by atoms with Gasteiger partial charge in [-0.1, -0.05) is 29.3 Å². The Hall–Kier alpha value is -1.62. The third-order valence-electron chi connectivity index (χ3n) is 2.71. The van der Waals surface area contributed by atoms with E-state index in [1.165, 1.54) is 28.1 Å². The summed E-state index contributed by atoms with van der Waals surface area (Å²) in [6, 6.07) is -0.371. The lowest BCUT2D eigenvalue weighted by Crippen LogP contribution is -2.30. The fraction of sp³-hybridized carbons (Fsp3) is 0.333. The molecular weight excluding hydrogens is 236 g/mol. The van der Waals surface area contributed by atoms with E-state index in [9.17, 15) is 9.59 Å². The Kier molecular flexibility index (Phi) is 3.28. The van der Waals surface area contributed by atoms with E-state index in [2.05, 4.69) is 12.2 Å². The molecule has 0 radical (unpaired) electrons. The molecule has 1 aromatic heterocycles. The molecule has 0 bridgehead atoms. The number of amides is 1. The number of nitrogens with zero attached hydrogens (tertiary/aromatic N) is 1. The molecule has 0 spiro atoms. The Morgan fingerprint density at radius 3 is 2.94 bits per heavy atom. The molecule has 0 aliphatic heterocycles. The number of carbonyl (C=O) groups is 1. The van der Waals surface area contributed by atoms with Crippen LogP contribution in [0.2, 0.25) is 0 Å². The first kappa shape index (κ1) is 11.9. The fourth-order valence-electron chi connectivity index (χ4n) is 1.71. The van der Waals surface area contributed by atoms with Crippen molar-refractivity contribution in [2.24, 2.45) is 0 Å². The second-order valence-electron chi connectivity index (χ2n) is 3.95. The largest absolute Gasteiger partial charge is 0.340 e. The van der Waals surface area contributed by atoms with E-state index >= 15 is 0 Å². The average molecular weight is 250 g/mol. The van der Waals surface area contributed by atoms with Crippen LogP contribution in [0, 0.1) is 0 Å². The monoisotopic (exact) mass is 250 g/mol. The second-order valence-corrected chi connectivity index (χ2v) is 5.00. The quantitative estimate of drug-likeness (QED) is 0.765. The van der Waals surface area contributed by atoms with E-state index in [4.69, 9.17) is 0 Å². The average Bonchev–Trinajstić information content (AvgIpc) is 2.60. The highest BCUT2D eigenvalue weighted by Crippen LogP contribution is 2.20. The van der Waals surface area contributed by atoms with Gasteiger partial charge in [-0.05, 0) is 25.8 Å². The van der Waals surface area contributed by atoms with Crippen LogP contribution in [0.25, 0.3) is 6.08 Å². The van der Waals surface area contributed by atoms with Gasteiger partial charge in [-0.25, -0.2) is 4.79 Å². The second kappa shape index (κ2) is 4.71. The Morgan fingerprint density at radius 2 is 2.24 bits per heavy atom. The van der Waals surface area contributed by atoms with Gasteiger partial charge in [-0.15, -0.1) is 0 Å². The van der Waals surface area contributed by atoms with E-state index in [0.717, 1.165) is 17.7 Å². The number of hydrogen-bond acceptors (Lipinski definition) is 3. The minimum Gasteiger partial charge on any atom is -0.340 e. The van der Waals surface area contributed by atoms with Crippen LogP contribution in [0.1, 0.15) is 23.8 Å². The number of carbonyl (C=O) groups excluding carboxylic acids is 1. The SMILES string of the molecule is CNC(=O)n1sc2c(c1=O)C=CC=C(C)CC2. The van der Waals surface area contributed by atoms with Crippen LogP contribution in [0.5, 0.6) is 0 Å². The Balaban J connectivity index is 2.49. The molecule has 4 nitrogen and oxygen atoms in total. The number of allylic oxidation sites excluding steroid dienone is 3. The topological polar surface area (TPSA) is 51.1 Å².